The lowest BCUT2D eigenvalue weighted by Gasteiger charge is -2.13. The Morgan fingerprint density at radius 2 is 2.03 bits per heavy atom. The van der Waals surface area contributed by atoms with Crippen LogP contribution in [0.3, 0.4) is 0 Å². The van der Waals surface area contributed by atoms with Gasteiger partial charge in [0.15, 0.2) is 0 Å². The van der Waals surface area contributed by atoms with Crippen LogP contribution in [0.4, 0.5) is 0 Å². The molecule has 3 aromatic rings. The van der Waals surface area contributed by atoms with Gasteiger partial charge < -0.3 is 4.90 Å². The molecule has 0 saturated heterocycles. The third-order valence-electron chi connectivity index (χ3n) is 4.65. The zero-order valence-corrected chi connectivity index (χ0v) is 17.9. The van der Waals surface area contributed by atoms with Crippen molar-refractivity contribution in [1.29, 1.82) is 0 Å². The smallest absolute Gasteiger partial charge is 0.295 e. The molecule has 0 atom stereocenters. The predicted molar refractivity (Wildman–Crippen MR) is 117 cm³/mol. The van der Waals surface area contributed by atoms with Gasteiger partial charge in [0.2, 0.25) is 5.65 Å². The van der Waals surface area contributed by atoms with Crippen LogP contribution in [-0.2, 0) is 6.54 Å². The summed E-state index contributed by atoms with van der Waals surface area (Å²) in [5, 5.41) is 0.589. The summed E-state index contributed by atoms with van der Waals surface area (Å²) in [5.74, 6) is -0.199. The summed E-state index contributed by atoms with van der Waals surface area (Å²) in [6.07, 6.45) is 6.27. The number of halogens is 1. The van der Waals surface area contributed by atoms with Gasteiger partial charge in [-0.25, -0.2) is 4.98 Å². The fourth-order valence-corrected chi connectivity index (χ4v) is 3.34. The van der Waals surface area contributed by atoms with Crippen molar-refractivity contribution >= 4 is 23.2 Å². The van der Waals surface area contributed by atoms with Crippen LogP contribution in [-0.4, -0.2) is 38.4 Å². The largest absolute Gasteiger partial charge is 0.340 e. The lowest BCUT2D eigenvalue weighted by atomic mass is 10.1. The first-order valence-corrected chi connectivity index (χ1v) is 9.97. The number of aromatic nitrogens is 3. The highest BCUT2D eigenvalue weighted by Gasteiger charge is 2.19. The van der Waals surface area contributed by atoms with Gasteiger partial charge in [-0.05, 0) is 32.4 Å². The number of hydrogen-bond donors (Lipinski definition) is 0. The molecule has 29 heavy (non-hydrogen) atoms. The minimum Gasteiger partial charge on any atom is -0.340 e. The summed E-state index contributed by atoms with van der Waals surface area (Å²) in [6.45, 7) is 7.01. The highest BCUT2D eigenvalue weighted by atomic mass is 35.5. The van der Waals surface area contributed by atoms with Crippen molar-refractivity contribution in [2.24, 2.45) is 0 Å². The number of carbonyl (C=O) groups is 1. The summed E-state index contributed by atoms with van der Waals surface area (Å²) in [5.41, 5.74) is 2.87. The van der Waals surface area contributed by atoms with Gasteiger partial charge in [0.25, 0.3) is 11.5 Å². The molecule has 7 heteroatoms. The molecule has 0 spiro atoms. The summed E-state index contributed by atoms with van der Waals surface area (Å²) >= 11 is 6.17. The van der Waals surface area contributed by atoms with Crippen molar-refractivity contribution in [2.45, 2.75) is 33.7 Å². The quantitative estimate of drug-likeness (QED) is 0.568. The van der Waals surface area contributed by atoms with Crippen LogP contribution in [0.1, 0.15) is 37.7 Å². The van der Waals surface area contributed by atoms with Crippen molar-refractivity contribution in [3.8, 4) is 11.3 Å². The number of carbonyl (C=O) groups excluding carboxylic acids is 1. The number of allylic oxidation sites excluding steroid dienone is 2. The molecule has 0 aliphatic heterocycles. The van der Waals surface area contributed by atoms with Gasteiger partial charge in [0.05, 0.1) is 5.69 Å². The average Bonchev–Trinajstić information content (AvgIpc) is 3.11. The van der Waals surface area contributed by atoms with E-state index in [4.69, 9.17) is 11.6 Å². The standard InChI is InChI=1S/C22H25ClN4O2/c1-5-10-25(4)21(28)18-13-26-14-19(16-7-6-8-17(23)12-16)27(11-9-15(2)3)22(29)20(26)24-18/h6-9,12-14H,5,10-11H2,1-4H3. The number of amides is 1. The number of benzene rings is 1. The van der Waals surface area contributed by atoms with Crippen molar-refractivity contribution in [1.82, 2.24) is 18.9 Å². The van der Waals surface area contributed by atoms with E-state index in [1.165, 1.54) is 0 Å². The van der Waals surface area contributed by atoms with Crippen LogP contribution < -0.4 is 5.56 Å². The molecule has 1 amide bonds. The molecule has 0 fully saturated rings. The second kappa shape index (κ2) is 8.66. The molecule has 0 radical (unpaired) electrons. The zero-order chi connectivity index (χ0) is 21.1. The SMILES string of the molecule is CCCN(C)C(=O)c1cn2cc(-c3cccc(Cl)c3)n(CC=C(C)C)c(=O)c2n1. The number of imidazole rings is 1. The van der Waals surface area contributed by atoms with E-state index in [-0.39, 0.29) is 22.8 Å². The van der Waals surface area contributed by atoms with E-state index < -0.39 is 0 Å². The van der Waals surface area contributed by atoms with E-state index >= 15 is 0 Å². The number of rotatable bonds is 6. The molecular formula is C22H25ClN4O2. The molecule has 2 aromatic heterocycles. The first-order chi connectivity index (χ1) is 13.8. The topological polar surface area (TPSA) is 59.6 Å². The van der Waals surface area contributed by atoms with Gasteiger partial charge in [-0.3, -0.25) is 18.6 Å². The monoisotopic (exact) mass is 412 g/mol. The number of hydrogen-bond acceptors (Lipinski definition) is 3. The summed E-state index contributed by atoms with van der Waals surface area (Å²) < 4.78 is 3.29. The fraction of sp³-hybridized carbons (Fsp3) is 0.318. The predicted octanol–water partition coefficient (Wildman–Crippen LogP) is 4.26. The van der Waals surface area contributed by atoms with Crippen molar-refractivity contribution in [3.63, 3.8) is 0 Å². The van der Waals surface area contributed by atoms with Gasteiger partial charge in [-0.2, -0.15) is 0 Å². The Bertz CT molecular complexity index is 1140. The fourth-order valence-electron chi connectivity index (χ4n) is 3.15. The highest BCUT2D eigenvalue weighted by Crippen LogP contribution is 2.23. The zero-order valence-electron chi connectivity index (χ0n) is 17.1. The summed E-state index contributed by atoms with van der Waals surface area (Å²) in [4.78, 5) is 31.8. The van der Waals surface area contributed by atoms with Gasteiger partial charge in [0, 0.05) is 43.1 Å². The van der Waals surface area contributed by atoms with Crippen LogP contribution in [0, 0.1) is 0 Å². The molecule has 0 saturated carbocycles. The molecule has 152 valence electrons. The Labute approximate surface area is 175 Å². The van der Waals surface area contributed by atoms with E-state index in [1.54, 1.807) is 33.2 Å². The lowest BCUT2D eigenvalue weighted by Crippen LogP contribution is -2.27. The lowest BCUT2D eigenvalue weighted by molar-refractivity contribution is 0.0790. The molecule has 3 rings (SSSR count). The number of fused-ring (bicyclic) bond motifs is 1. The Hall–Kier alpha value is -2.86. The van der Waals surface area contributed by atoms with Crippen LogP contribution >= 0.6 is 11.6 Å². The minimum atomic E-state index is -0.253. The van der Waals surface area contributed by atoms with Gasteiger partial charge >= 0.3 is 0 Å². The Morgan fingerprint density at radius 1 is 1.28 bits per heavy atom. The van der Waals surface area contributed by atoms with Crippen molar-refractivity contribution in [3.05, 3.63) is 69.4 Å². The van der Waals surface area contributed by atoms with E-state index in [2.05, 4.69) is 4.98 Å². The third-order valence-corrected chi connectivity index (χ3v) is 4.88. The second-order valence-corrected chi connectivity index (χ2v) is 7.74. The summed E-state index contributed by atoms with van der Waals surface area (Å²) in [7, 11) is 1.74. The molecule has 0 aliphatic carbocycles. The molecular weight excluding hydrogens is 388 g/mol. The second-order valence-electron chi connectivity index (χ2n) is 7.31. The molecule has 1 aromatic carbocycles. The van der Waals surface area contributed by atoms with Crippen LogP contribution in [0.15, 0.2) is 53.1 Å². The molecule has 0 aliphatic rings. The van der Waals surface area contributed by atoms with Gasteiger partial charge in [0.1, 0.15) is 5.69 Å². The van der Waals surface area contributed by atoms with E-state index in [0.29, 0.717) is 23.8 Å². The third kappa shape index (κ3) is 4.43. The van der Waals surface area contributed by atoms with Crippen LogP contribution in [0.25, 0.3) is 16.9 Å². The first kappa shape index (κ1) is 20.9. The highest BCUT2D eigenvalue weighted by molar-refractivity contribution is 6.30. The van der Waals surface area contributed by atoms with E-state index in [0.717, 1.165) is 17.6 Å². The normalized spacial score (nSPS) is 10.9. The maximum absolute atomic E-state index is 13.2. The van der Waals surface area contributed by atoms with Gasteiger partial charge in [-0.15, -0.1) is 0 Å². The average molecular weight is 413 g/mol. The molecule has 0 bridgehead atoms. The Kier molecular flexibility index (Phi) is 6.23. The Morgan fingerprint density at radius 3 is 2.69 bits per heavy atom. The van der Waals surface area contributed by atoms with Crippen molar-refractivity contribution < 1.29 is 4.79 Å². The van der Waals surface area contributed by atoms with E-state index in [1.807, 2.05) is 51.2 Å². The maximum atomic E-state index is 13.2. The van der Waals surface area contributed by atoms with Gasteiger partial charge in [-0.1, -0.05) is 42.3 Å². The minimum absolute atomic E-state index is 0.199. The molecule has 2 heterocycles. The maximum Gasteiger partial charge on any atom is 0.295 e. The molecule has 0 N–H and O–H groups in total. The van der Waals surface area contributed by atoms with Crippen molar-refractivity contribution in [2.75, 3.05) is 13.6 Å². The molecule has 0 unspecified atom stereocenters. The first-order valence-electron chi connectivity index (χ1n) is 9.59. The Balaban J connectivity index is 2.20. The van der Waals surface area contributed by atoms with Crippen LogP contribution in [0.5, 0.6) is 0 Å². The number of nitrogens with zero attached hydrogens (tertiary/aromatic N) is 4. The molecule has 6 nitrogen and oxygen atoms in total. The van der Waals surface area contributed by atoms with E-state index in [9.17, 15) is 9.59 Å². The summed E-state index contributed by atoms with van der Waals surface area (Å²) in [6, 6.07) is 7.36. The van der Waals surface area contributed by atoms with Crippen LogP contribution in [0.2, 0.25) is 5.02 Å².